The van der Waals surface area contributed by atoms with Crippen LogP contribution in [0.3, 0.4) is 0 Å². The van der Waals surface area contributed by atoms with Gasteiger partial charge in [-0.2, -0.15) is 0 Å². The van der Waals surface area contributed by atoms with Gasteiger partial charge in [0.2, 0.25) is 0 Å². The summed E-state index contributed by atoms with van der Waals surface area (Å²) in [5.74, 6) is 2.47. The molecule has 0 amide bonds. The lowest BCUT2D eigenvalue weighted by molar-refractivity contribution is 0.120. The van der Waals surface area contributed by atoms with Crippen molar-refractivity contribution >= 4 is 11.6 Å². The van der Waals surface area contributed by atoms with Crippen molar-refractivity contribution in [3.05, 3.63) is 29.3 Å². The van der Waals surface area contributed by atoms with E-state index in [9.17, 15) is 0 Å². The first-order chi connectivity index (χ1) is 8.63. The van der Waals surface area contributed by atoms with Crippen LogP contribution in [0.4, 0.5) is 0 Å². The molecule has 1 aromatic carbocycles. The van der Waals surface area contributed by atoms with Gasteiger partial charge in [-0.05, 0) is 36.5 Å². The highest BCUT2D eigenvalue weighted by Gasteiger charge is 2.21. The maximum atomic E-state index is 5.92. The molecule has 1 fully saturated rings. The molecule has 2 nitrogen and oxygen atoms in total. The maximum Gasteiger partial charge on any atom is 0.120 e. The molecule has 1 heterocycles. The number of piperidine rings is 1. The minimum Gasteiger partial charge on any atom is -0.492 e. The van der Waals surface area contributed by atoms with E-state index in [-0.39, 0.29) is 0 Å². The van der Waals surface area contributed by atoms with E-state index >= 15 is 0 Å². The predicted octanol–water partition coefficient (Wildman–Crippen LogP) is 3.70. The minimum absolute atomic E-state index is 0.729. The lowest BCUT2D eigenvalue weighted by atomic mass is 9.92. The van der Waals surface area contributed by atoms with Crippen LogP contribution in [0.5, 0.6) is 5.75 Å². The lowest BCUT2D eigenvalue weighted by Crippen LogP contribution is -2.40. The summed E-state index contributed by atoms with van der Waals surface area (Å²) in [5, 5.41) is 0.729. The lowest BCUT2D eigenvalue weighted by Gasteiger charge is -2.34. The summed E-state index contributed by atoms with van der Waals surface area (Å²) in [5.41, 5.74) is 0. The summed E-state index contributed by atoms with van der Waals surface area (Å²) in [6, 6.07) is 7.60. The molecule has 3 heteroatoms. The second-order valence-corrected chi connectivity index (χ2v) is 5.95. The molecule has 0 saturated carbocycles. The van der Waals surface area contributed by atoms with Gasteiger partial charge in [0, 0.05) is 24.7 Å². The van der Waals surface area contributed by atoms with Crippen LogP contribution in [0, 0.1) is 11.8 Å². The van der Waals surface area contributed by atoms with Crippen molar-refractivity contribution in [3.8, 4) is 5.75 Å². The second-order valence-electron chi connectivity index (χ2n) is 5.51. The van der Waals surface area contributed by atoms with Crippen molar-refractivity contribution in [2.75, 3.05) is 26.2 Å². The zero-order valence-electron chi connectivity index (χ0n) is 11.2. The molecule has 100 valence electrons. The van der Waals surface area contributed by atoms with Crippen LogP contribution in [0.1, 0.15) is 20.3 Å². The molecule has 1 saturated heterocycles. The number of hydrogen-bond donors (Lipinski definition) is 0. The Morgan fingerprint density at radius 3 is 2.67 bits per heavy atom. The number of halogens is 1. The largest absolute Gasteiger partial charge is 0.492 e. The van der Waals surface area contributed by atoms with Crippen LogP contribution in [0.25, 0.3) is 0 Å². The van der Waals surface area contributed by atoms with E-state index < -0.39 is 0 Å². The molecule has 1 aliphatic rings. The standard InChI is InChI=1S/C15H22ClNO/c1-12-8-13(2)11-17(10-12)6-7-18-15-5-3-4-14(16)9-15/h3-5,9,12-13H,6-8,10-11H2,1-2H3. The minimum atomic E-state index is 0.729. The molecule has 0 bridgehead atoms. The first-order valence-electron chi connectivity index (χ1n) is 6.74. The van der Waals surface area contributed by atoms with Crippen LogP contribution in [-0.2, 0) is 0 Å². The highest BCUT2D eigenvalue weighted by atomic mass is 35.5. The first-order valence-corrected chi connectivity index (χ1v) is 7.12. The average Bonchev–Trinajstić information content (AvgIpc) is 2.27. The second kappa shape index (κ2) is 6.44. The molecule has 0 aromatic heterocycles. The van der Waals surface area contributed by atoms with Crippen LogP contribution in [0.15, 0.2) is 24.3 Å². The molecule has 2 rings (SSSR count). The van der Waals surface area contributed by atoms with Gasteiger partial charge in [-0.3, -0.25) is 4.90 Å². The summed E-state index contributed by atoms with van der Waals surface area (Å²) in [6.45, 7) is 8.80. The number of ether oxygens (including phenoxy) is 1. The van der Waals surface area contributed by atoms with Crippen LogP contribution in [0.2, 0.25) is 5.02 Å². The smallest absolute Gasteiger partial charge is 0.120 e. The Balaban J connectivity index is 1.75. The quantitative estimate of drug-likeness (QED) is 0.825. The topological polar surface area (TPSA) is 12.5 Å². The molecule has 0 spiro atoms. The molecule has 2 unspecified atom stereocenters. The van der Waals surface area contributed by atoms with E-state index in [1.807, 2.05) is 24.3 Å². The van der Waals surface area contributed by atoms with Gasteiger partial charge in [-0.15, -0.1) is 0 Å². The van der Waals surface area contributed by atoms with Gasteiger partial charge in [-0.25, -0.2) is 0 Å². The molecular formula is C15H22ClNO. The van der Waals surface area contributed by atoms with Crippen molar-refractivity contribution in [2.45, 2.75) is 20.3 Å². The maximum absolute atomic E-state index is 5.92. The average molecular weight is 268 g/mol. The normalized spacial score (nSPS) is 25.1. The fraction of sp³-hybridized carbons (Fsp3) is 0.600. The molecule has 0 N–H and O–H groups in total. The SMILES string of the molecule is CC1CC(C)CN(CCOc2cccc(Cl)c2)C1. The van der Waals surface area contributed by atoms with Crippen molar-refractivity contribution in [1.29, 1.82) is 0 Å². The van der Waals surface area contributed by atoms with E-state index in [1.165, 1.54) is 19.5 Å². The molecular weight excluding hydrogens is 246 g/mol. The van der Waals surface area contributed by atoms with E-state index in [1.54, 1.807) is 0 Å². The van der Waals surface area contributed by atoms with Gasteiger partial charge < -0.3 is 4.74 Å². The third kappa shape index (κ3) is 4.18. The predicted molar refractivity (Wildman–Crippen MR) is 76.3 cm³/mol. The van der Waals surface area contributed by atoms with Gasteiger partial charge in [0.25, 0.3) is 0 Å². The fourth-order valence-electron chi connectivity index (χ4n) is 2.82. The Labute approximate surface area is 115 Å². The van der Waals surface area contributed by atoms with Gasteiger partial charge in [0.15, 0.2) is 0 Å². The summed E-state index contributed by atoms with van der Waals surface area (Å²) in [6.07, 6.45) is 1.35. The summed E-state index contributed by atoms with van der Waals surface area (Å²) in [7, 11) is 0. The van der Waals surface area contributed by atoms with Gasteiger partial charge in [0.1, 0.15) is 12.4 Å². The fourth-order valence-corrected chi connectivity index (χ4v) is 3.00. The highest BCUT2D eigenvalue weighted by Crippen LogP contribution is 2.21. The number of likely N-dealkylation sites (tertiary alicyclic amines) is 1. The molecule has 18 heavy (non-hydrogen) atoms. The van der Waals surface area contributed by atoms with Crippen LogP contribution < -0.4 is 4.74 Å². The molecule has 0 radical (unpaired) electrons. The zero-order valence-corrected chi connectivity index (χ0v) is 12.0. The van der Waals surface area contributed by atoms with Gasteiger partial charge in [-0.1, -0.05) is 31.5 Å². The first kappa shape index (κ1) is 13.7. The number of rotatable bonds is 4. The number of benzene rings is 1. The Morgan fingerprint density at radius 1 is 1.28 bits per heavy atom. The third-order valence-corrected chi connectivity index (χ3v) is 3.65. The van der Waals surface area contributed by atoms with Crippen molar-refractivity contribution in [2.24, 2.45) is 11.8 Å². The van der Waals surface area contributed by atoms with E-state index in [4.69, 9.17) is 16.3 Å². The molecule has 1 aliphatic heterocycles. The molecule has 1 aromatic rings. The third-order valence-electron chi connectivity index (χ3n) is 3.42. The van der Waals surface area contributed by atoms with Crippen molar-refractivity contribution in [1.82, 2.24) is 4.90 Å². The zero-order chi connectivity index (χ0) is 13.0. The number of hydrogen-bond acceptors (Lipinski definition) is 2. The van der Waals surface area contributed by atoms with Crippen molar-refractivity contribution in [3.63, 3.8) is 0 Å². The Hall–Kier alpha value is -0.730. The van der Waals surface area contributed by atoms with E-state index in [0.717, 1.165) is 35.8 Å². The summed E-state index contributed by atoms with van der Waals surface area (Å²) in [4.78, 5) is 2.50. The Kier molecular flexibility index (Phi) is 4.90. The van der Waals surface area contributed by atoms with Crippen molar-refractivity contribution < 1.29 is 4.74 Å². The number of nitrogens with zero attached hydrogens (tertiary/aromatic N) is 1. The van der Waals surface area contributed by atoms with E-state index in [0.29, 0.717) is 0 Å². The summed E-state index contributed by atoms with van der Waals surface area (Å²) >= 11 is 5.92. The van der Waals surface area contributed by atoms with Gasteiger partial charge in [0.05, 0.1) is 0 Å². The highest BCUT2D eigenvalue weighted by molar-refractivity contribution is 6.30. The van der Waals surface area contributed by atoms with Gasteiger partial charge >= 0.3 is 0 Å². The molecule has 0 aliphatic carbocycles. The Bertz CT molecular complexity index is 373. The van der Waals surface area contributed by atoms with Crippen LogP contribution >= 0.6 is 11.6 Å². The monoisotopic (exact) mass is 267 g/mol. The summed E-state index contributed by atoms with van der Waals surface area (Å²) < 4.78 is 5.73. The molecule has 2 atom stereocenters. The van der Waals surface area contributed by atoms with Crippen LogP contribution in [-0.4, -0.2) is 31.1 Å². The Morgan fingerprint density at radius 2 is 2.00 bits per heavy atom. The van der Waals surface area contributed by atoms with E-state index in [2.05, 4.69) is 18.7 Å².